The van der Waals surface area contributed by atoms with Gasteiger partial charge in [-0.05, 0) is 69.8 Å². The van der Waals surface area contributed by atoms with Crippen molar-refractivity contribution < 1.29 is 0 Å². The minimum atomic E-state index is 0.762. The third kappa shape index (κ3) is 5.19. The highest BCUT2D eigenvalue weighted by molar-refractivity contribution is 9.10. The molecule has 0 unspecified atom stereocenters. The zero-order valence-corrected chi connectivity index (χ0v) is 14.3. The second-order valence-electron chi connectivity index (χ2n) is 6.15. The van der Waals surface area contributed by atoms with Crippen molar-refractivity contribution in [2.75, 3.05) is 27.2 Å². The average Bonchev–Trinajstić information content (AvgIpc) is 2.46. The maximum absolute atomic E-state index is 3.54. The number of rotatable bonds is 6. The monoisotopic (exact) mass is 338 g/mol. The quantitative estimate of drug-likeness (QED) is 0.850. The van der Waals surface area contributed by atoms with Crippen LogP contribution in [0.3, 0.4) is 0 Å². The summed E-state index contributed by atoms with van der Waals surface area (Å²) in [6, 6.07) is 9.42. The molecule has 0 amide bonds. The lowest BCUT2D eigenvalue weighted by atomic mass is 9.86. The maximum atomic E-state index is 3.54. The fraction of sp³-hybridized carbons (Fsp3) is 0.647. The van der Waals surface area contributed by atoms with Gasteiger partial charge in [-0.3, -0.25) is 0 Å². The first-order valence-corrected chi connectivity index (χ1v) is 8.57. The van der Waals surface area contributed by atoms with E-state index in [2.05, 4.69) is 64.5 Å². The highest BCUT2D eigenvalue weighted by Crippen LogP contribution is 2.24. The van der Waals surface area contributed by atoms with Crippen molar-refractivity contribution in [1.82, 2.24) is 10.2 Å². The SMILES string of the molecule is CNC1CCC(CN(C)CCc2cccc(Br)c2)CC1. The summed E-state index contributed by atoms with van der Waals surface area (Å²) < 4.78 is 1.18. The van der Waals surface area contributed by atoms with Gasteiger partial charge >= 0.3 is 0 Å². The molecule has 0 aromatic heterocycles. The zero-order valence-electron chi connectivity index (χ0n) is 12.7. The summed E-state index contributed by atoms with van der Waals surface area (Å²) in [5.74, 6) is 0.895. The van der Waals surface area contributed by atoms with Gasteiger partial charge in [0.1, 0.15) is 0 Å². The van der Waals surface area contributed by atoms with Crippen molar-refractivity contribution in [3.8, 4) is 0 Å². The molecule has 3 heteroatoms. The van der Waals surface area contributed by atoms with Gasteiger partial charge in [0.15, 0.2) is 0 Å². The molecular weight excluding hydrogens is 312 g/mol. The van der Waals surface area contributed by atoms with Crippen molar-refractivity contribution in [3.05, 3.63) is 34.3 Å². The molecule has 2 nitrogen and oxygen atoms in total. The van der Waals surface area contributed by atoms with E-state index in [9.17, 15) is 0 Å². The molecule has 0 saturated heterocycles. The normalized spacial score (nSPS) is 23.2. The number of hydrogen-bond donors (Lipinski definition) is 1. The van der Waals surface area contributed by atoms with E-state index >= 15 is 0 Å². The Morgan fingerprint density at radius 3 is 2.65 bits per heavy atom. The maximum Gasteiger partial charge on any atom is 0.0178 e. The van der Waals surface area contributed by atoms with E-state index in [-0.39, 0.29) is 0 Å². The molecular formula is C17H27BrN2. The molecule has 2 rings (SSSR count). The van der Waals surface area contributed by atoms with E-state index in [4.69, 9.17) is 0 Å². The van der Waals surface area contributed by atoms with Crippen LogP contribution in [0, 0.1) is 5.92 Å². The van der Waals surface area contributed by atoms with Crippen molar-refractivity contribution in [2.24, 2.45) is 5.92 Å². The van der Waals surface area contributed by atoms with E-state index in [1.807, 2.05) is 0 Å². The molecule has 0 spiro atoms. The Hall–Kier alpha value is -0.380. The van der Waals surface area contributed by atoms with Gasteiger partial charge in [-0.25, -0.2) is 0 Å². The lowest BCUT2D eigenvalue weighted by Gasteiger charge is -2.31. The fourth-order valence-corrected chi connectivity index (χ4v) is 3.62. The molecule has 0 heterocycles. The Morgan fingerprint density at radius 2 is 2.00 bits per heavy atom. The van der Waals surface area contributed by atoms with Crippen molar-refractivity contribution in [1.29, 1.82) is 0 Å². The van der Waals surface area contributed by atoms with Crippen molar-refractivity contribution in [2.45, 2.75) is 38.1 Å². The summed E-state index contributed by atoms with van der Waals surface area (Å²) in [5, 5.41) is 3.41. The van der Waals surface area contributed by atoms with Crippen LogP contribution in [-0.2, 0) is 6.42 Å². The summed E-state index contributed by atoms with van der Waals surface area (Å²) in [4.78, 5) is 2.51. The van der Waals surface area contributed by atoms with Gasteiger partial charge in [-0.15, -0.1) is 0 Å². The molecule has 0 aliphatic heterocycles. The fourth-order valence-electron chi connectivity index (χ4n) is 3.18. The van der Waals surface area contributed by atoms with Crippen LogP contribution in [0.2, 0.25) is 0 Å². The smallest absolute Gasteiger partial charge is 0.0178 e. The predicted octanol–water partition coefficient (Wildman–Crippen LogP) is 3.70. The van der Waals surface area contributed by atoms with Crippen LogP contribution >= 0.6 is 15.9 Å². The second kappa shape index (κ2) is 8.16. The van der Waals surface area contributed by atoms with Crippen LogP contribution in [0.1, 0.15) is 31.2 Å². The van der Waals surface area contributed by atoms with Crippen LogP contribution in [0.5, 0.6) is 0 Å². The number of nitrogens with zero attached hydrogens (tertiary/aromatic N) is 1. The summed E-state index contributed by atoms with van der Waals surface area (Å²) >= 11 is 3.54. The molecule has 1 fully saturated rings. The third-order valence-electron chi connectivity index (χ3n) is 4.50. The number of nitrogens with one attached hydrogen (secondary N) is 1. The zero-order chi connectivity index (χ0) is 14.4. The van der Waals surface area contributed by atoms with Gasteiger partial charge in [0.25, 0.3) is 0 Å². The van der Waals surface area contributed by atoms with Crippen LogP contribution < -0.4 is 5.32 Å². The minimum Gasteiger partial charge on any atom is -0.317 e. The molecule has 1 aromatic rings. The standard InChI is InChI=1S/C17H27BrN2/c1-19-17-8-6-15(7-9-17)13-20(2)11-10-14-4-3-5-16(18)12-14/h3-5,12,15,17,19H,6-11,13H2,1-2H3. The Morgan fingerprint density at radius 1 is 1.25 bits per heavy atom. The summed E-state index contributed by atoms with van der Waals surface area (Å²) in [6.07, 6.45) is 6.60. The van der Waals surface area contributed by atoms with Crippen LogP contribution in [0.4, 0.5) is 0 Å². The first-order chi connectivity index (χ1) is 9.67. The van der Waals surface area contributed by atoms with Gasteiger partial charge in [0, 0.05) is 23.6 Å². The lowest BCUT2D eigenvalue weighted by Crippen LogP contribution is -2.35. The predicted molar refractivity (Wildman–Crippen MR) is 90.1 cm³/mol. The summed E-state index contributed by atoms with van der Waals surface area (Å²) in [6.45, 7) is 2.41. The molecule has 1 saturated carbocycles. The largest absolute Gasteiger partial charge is 0.317 e. The van der Waals surface area contributed by atoms with Gasteiger partial charge in [-0.1, -0.05) is 28.1 Å². The van der Waals surface area contributed by atoms with Crippen molar-refractivity contribution in [3.63, 3.8) is 0 Å². The highest BCUT2D eigenvalue weighted by atomic mass is 79.9. The highest BCUT2D eigenvalue weighted by Gasteiger charge is 2.20. The van der Waals surface area contributed by atoms with E-state index in [1.165, 1.54) is 42.3 Å². The molecule has 1 N–H and O–H groups in total. The van der Waals surface area contributed by atoms with Crippen LogP contribution in [-0.4, -0.2) is 38.1 Å². The van der Waals surface area contributed by atoms with Gasteiger partial charge in [-0.2, -0.15) is 0 Å². The lowest BCUT2D eigenvalue weighted by molar-refractivity contribution is 0.217. The number of hydrogen-bond acceptors (Lipinski definition) is 2. The van der Waals surface area contributed by atoms with Crippen LogP contribution in [0.15, 0.2) is 28.7 Å². The van der Waals surface area contributed by atoms with Gasteiger partial charge < -0.3 is 10.2 Å². The van der Waals surface area contributed by atoms with E-state index in [0.717, 1.165) is 24.9 Å². The topological polar surface area (TPSA) is 15.3 Å². The van der Waals surface area contributed by atoms with Gasteiger partial charge in [0.2, 0.25) is 0 Å². The Bertz CT molecular complexity index is 400. The van der Waals surface area contributed by atoms with E-state index < -0.39 is 0 Å². The number of benzene rings is 1. The minimum absolute atomic E-state index is 0.762. The van der Waals surface area contributed by atoms with Crippen LogP contribution in [0.25, 0.3) is 0 Å². The Kier molecular flexibility index (Phi) is 6.53. The van der Waals surface area contributed by atoms with E-state index in [1.54, 1.807) is 0 Å². The molecule has 1 aliphatic carbocycles. The molecule has 1 aromatic carbocycles. The Balaban J connectivity index is 1.69. The second-order valence-corrected chi connectivity index (χ2v) is 7.06. The molecule has 0 radical (unpaired) electrons. The van der Waals surface area contributed by atoms with Gasteiger partial charge in [0.05, 0.1) is 0 Å². The summed E-state index contributed by atoms with van der Waals surface area (Å²) in [5.41, 5.74) is 1.42. The number of likely N-dealkylation sites (N-methyl/N-ethyl adjacent to an activating group) is 1. The number of halogens is 1. The average molecular weight is 339 g/mol. The third-order valence-corrected chi connectivity index (χ3v) is 4.99. The first-order valence-electron chi connectivity index (χ1n) is 7.77. The molecule has 20 heavy (non-hydrogen) atoms. The molecule has 1 aliphatic rings. The van der Waals surface area contributed by atoms with Crippen molar-refractivity contribution >= 4 is 15.9 Å². The molecule has 0 bridgehead atoms. The first kappa shape index (κ1) is 16.0. The molecule has 112 valence electrons. The van der Waals surface area contributed by atoms with E-state index in [0.29, 0.717) is 0 Å². The Labute approximate surface area is 132 Å². The molecule has 0 atom stereocenters. The summed E-state index contributed by atoms with van der Waals surface area (Å²) in [7, 11) is 4.36.